The predicted molar refractivity (Wildman–Crippen MR) is 130 cm³/mol. The van der Waals surface area contributed by atoms with Crippen molar-refractivity contribution >= 4 is 28.3 Å². The van der Waals surface area contributed by atoms with E-state index in [1.54, 1.807) is 36.4 Å². The van der Waals surface area contributed by atoms with E-state index in [0.29, 0.717) is 29.1 Å². The number of unbranched alkanes of at least 4 members (excludes halogenated alkanes) is 1. The van der Waals surface area contributed by atoms with Crippen LogP contribution in [0.15, 0.2) is 92.2 Å². The first-order valence-corrected chi connectivity index (χ1v) is 11.0. The van der Waals surface area contributed by atoms with Gasteiger partial charge in [0.15, 0.2) is 0 Å². The molecule has 0 spiro atoms. The first-order chi connectivity index (χ1) is 16.5. The third kappa shape index (κ3) is 5.75. The maximum absolute atomic E-state index is 12.5. The summed E-state index contributed by atoms with van der Waals surface area (Å²) in [5, 5.41) is 9.21. The zero-order chi connectivity index (χ0) is 23.9. The molecule has 7 heteroatoms. The molecule has 4 aromatic rings. The lowest BCUT2D eigenvalue weighted by atomic mass is 10.1. The fraction of sp³-hybridized carbons (Fsp3) is 0.185. The molecule has 0 atom stereocenters. The molecule has 0 amide bonds. The number of carbonyl (C=O) groups is 1. The molecule has 34 heavy (non-hydrogen) atoms. The maximum atomic E-state index is 12.5. The molecular weight excluding hydrogens is 432 g/mol. The van der Waals surface area contributed by atoms with Crippen LogP contribution in [0.4, 0.5) is 11.4 Å². The summed E-state index contributed by atoms with van der Waals surface area (Å²) in [6, 6.07) is 20.4. The van der Waals surface area contributed by atoms with Crippen molar-refractivity contribution in [2.24, 2.45) is 10.2 Å². The van der Waals surface area contributed by atoms with Crippen molar-refractivity contribution in [2.75, 3.05) is 6.61 Å². The maximum Gasteiger partial charge on any atom is 0.343 e. The van der Waals surface area contributed by atoms with Crippen LogP contribution in [0.5, 0.6) is 11.5 Å². The van der Waals surface area contributed by atoms with Gasteiger partial charge in [0, 0.05) is 17.5 Å². The van der Waals surface area contributed by atoms with Gasteiger partial charge in [-0.2, -0.15) is 10.2 Å². The normalized spacial score (nSPS) is 11.1. The second-order valence-corrected chi connectivity index (χ2v) is 7.74. The number of ether oxygens (including phenoxy) is 2. The quantitative estimate of drug-likeness (QED) is 0.0944. The first kappa shape index (κ1) is 22.9. The third-order valence-electron chi connectivity index (χ3n) is 5.12. The minimum atomic E-state index is -0.531. The Bertz CT molecular complexity index is 1370. The van der Waals surface area contributed by atoms with Gasteiger partial charge >= 0.3 is 11.6 Å². The number of fused-ring (bicyclic) bond motifs is 1. The van der Waals surface area contributed by atoms with E-state index in [1.807, 2.05) is 31.2 Å². The minimum absolute atomic E-state index is 0.289. The highest BCUT2D eigenvalue weighted by molar-refractivity contribution is 5.92. The largest absolute Gasteiger partial charge is 0.494 e. The Morgan fingerprint density at radius 3 is 2.21 bits per heavy atom. The number of aryl methyl sites for hydroxylation is 1. The van der Waals surface area contributed by atoms with Gasteiger partial charge in [-0.15, -0.1) is 0 Å². The Kier molecular flexibility index (Phi) is 7.13. The molecule has 4 rings (SSSR count). The van der Waals surface area contributed by atoms with Gasteiger partial charge in [0.25, 0.3) is 0 Å². The summed E-state index contributed by atoms with van der Waals surface area (Å²) in [6.07, 6.45) is 2.11. The van der Waals surface area contributed by atoms with Crippen LogP contribution in [0.25, 0.3) is 11.0 Å². The van der Waals surface area contributed by atoms with E-state index < -0.39 is 11.6 Å². The highest BCUT2D eigenvalue weighted by Gasteiger charge is 2.11. The average Bonchev–Trinajstić information content (AvgIpc) is 2.83. The van der Waals surface area contributed by atoms with Crippen molar-refractivity contribution < 1.29 is 18.7 Å². The molecule has 0 radical (unpaired) electrons. The summed E-state index contributed by atoms with van der Waals surface area (Å²) in [5.41, 5.74) is 2.37. The van der Waals surface area contributed by atoms with Crippen molar-refractivity contribution in [1.82, 2.24) is 0 Å². The van der Waals surface area contributed by atoms with Gasteiger partial charge in [-0.05, 0) is 79.6 Å². The summed E-state index contributed by atoms with van der Waals surface area (Å²) >= 11 is 0. The Morgan fingerprint density at radius 2 is 1.53 bits per heavy atom. The number of nitrogens with zero attached hydrogens (tertiary/aromatic N) is 2. The number of hydrogen-bond donors (Lipinski definition) is 0. The summed E-state index contributed by atoms with van der Waals surface area (Å²) in [6.45, 7) is 4.64. The minimum Gasteiger partial charge on any atom is -0.494 e. The van der Waals surface area contributed by atoms with E-state index >= 15 is 0 Å². The van der Waals surface area contributed by atoms with E-state index in [0.717, 1.165) is 29.5 Å². The summed E-state index contributed by atoms with van der Waals surface area (Å²) in [7, 11) is 0. The van der Waals surface area contributed by atoms with E-state index in [4.69, 9.17) is 13.9 Å². The monoisotopic (exact) mass is 456 g/mol. The molecular formula is C27H24N2O5. The van der Waals surface area contributed by atoms with Crippen LogP contribution in [0.1, 0.15) is 35.7 Å². The molecule has 0 unspecified atom stereocenters. The van der Waals surface area contributed by atoms with Gasteiger partial charge in [0.05, 0.1) is 23.5 Å². The van der Waals surface area contributed by atoms with Gasteiger partial charge < -0.3 is 13.9 Å². The fourth-order valence-corrected chi connectivity index (χ4v) is 3.26. The Morgan fingerprint density at radius 1 is 0.882 bits per heavy atom. The van der Waals surface area contributed by atoms with Crippen LogP contribution >= 0.6 is 0 Å². The van der Waals surface area contributed by atoms with Crippen molar-refractivity contribution in [3.8, 4) is 11.5 Å². The van der Waals surface area contributed by atoms with Gasteiger partial charge in [-0.25, -0.2) is 9.59 Å². The van der Waals surface area contributed by atoms with E-state index in [1.165, 1.54) is 12.1 Å². The van der Waals surface area contributed by atoms with Crippen LogP contribution in [-0.2, 0) is 0 Å². The third-order valence-corrected chi connectivity index (χ3v) is 5.12. The Labute approximate surface area is 196 Å². The zero-order valence-electron chi connectivity index (χ0n) is 19.0. The smallest absolute Gasteiger partial charge is 0.343 e. The van der Waals surface area contributed by atoms with Crippen LogP contribution in [0.2, 0.25) is 0 Å². The number of azo groups is 1. The molecule has 1 heterocycles. The van der Waals surface area contributed by atoms with Crippen LogP contribution < -0.4 is 15.1 Å². The topological polar surface area (TPSA) is 90.5 Å². The Hall–Kier alpha value is -4.26. The highest BCUT2D eigenvalue weighted by Crippen LogP contribution is 2.24. The number of hydrogen-bond acceptors (Lipinski definition) is 7. The predicted octanol–water partition coefficient (Wildman–Crippen LogP) is 6.91. The number of esters is 1. The zero-order valence-corrected chi connectivity index (χ0v) is 19.0. The highest BCUT2D eigenvalue weighted by atomic mass is 16.5. The van der Waals surface area contributed by atoms with Crippen molar-refractivity contribution in [2.45, 2.75) is 26.7 Å². The second-order valence-electron chi connectivity index (χ2n) is 7.74. The molecule has 0 aliphatic rings. The Balaban J connectivity index is 1.39. The van der Waals surface area contributed by atoms with Gasteiger partial charge in [-0.1, -0.05) is 13.3 Å². The van der Waals surface area contributed by atoms with E-state index in [2.05, 4.69) is 17.2 Å². The second kappa shape index (κ2) is 10.6. The molecule has 0 aliphatic carbocycles. The molecule has 0 aliphatic heterocycles. The summed E-state index contributed by atoms with van der Waals surface area (Å²) < 4.78 is 16.3. The van der Waals surface area contributed by atoms with Crippen molar-refractivity contribution in [3.05, 3.63) is 94.3 Å². The van der Waals surface area contributed by atoms with Crippen LogP contribution in [0, 0.1) is 6.92 Å². The van der Waals surface area contributed by atoms with Gasteiger partial charge in [0.2, 0.25) is 0 Å². The number of benzene rings is 3. The molecule has 7 nitrogen and oxygen atoms in total. The summed E-state index contributed by atoms with van der Waals surface area (Å²) in [5.74, 6) is 0.563. The molecule has 0 bridgehead atoms. The fourth-order valence-electron chi connectivity index (χ4n) is 3.26. The van der Waals surface area contributed by atoms with Gasteiger partial charge in [-0.3, -0.25) is 0 Å². The SMILES string of the molecule is CCCCOc1ccc(N=Nc2ccc(C(=O)Oc3ccc4c(C)cc(=O)oc4c3)cc2)cc1. The van der Waals surface area contributed by atoms with Crippen LogP contribution in [0.3, 0.4) is 0 Å². The lowest BCUT2D eigenvalue weighted by Crippen LogP contribution is -2.08. The number of carbonyl (C=O) groups excluding carboxylic acids is 1. The molecule has 0 saturated heterocycles. The number of rotatable bonds is 8. The molecule has 3 aromatic carbocycles. The standard InChI is InChI=1S/C27H24N2O5/c1-3-4-15-32-22-11-9-21(10-12-22)29-28-20-7-5-19(6-8-20)27(31)33-23-13-14-24-18(2)16-26(30)34-25(24)17-23/h5-14,16-17H,3-4,15H2,1-2H3. The van der Waals surface area contributed by atoms with Crippen molar-refractivity contribution in [1.29, 1.82) is 0 Å². The summed E-state index contributed by atoms with van der Waals surface area (Å²) in [4.78, 5) is 24.1. The molecule has 0 N–H and O–H groups in total. The lowest BCUT2D eigenvalue weighted by Gasteiger charge is -2.06. The molecule has 172 valence electrons. The lowest BCUT2D eigenvalue weighted by molar-refractivity contribution is 0.0735. The van der Waals surface area contributed by atoms with Crippen LogP contribution in [-0.4, -0.2) is 12.6 Å². The molecule has 0 saturated carbocycles. The van der Waals surface area contributed by atoms with Crippen molar-refractivity contribution in [3.63, 3.8) is 0 Å². The van der Waals surface area contributed by atoms with E-state index in [9.17, 15) is 9.59 Å². The molecule has 1 aromatic heterocycles. The average molecular weight is 456 g/mol. The first-order valence-electron chi connectivity index (χ1n) is 11.0. The van der Waals surface area contributed by atoms with E-state index in [-0.39, 0.29) is 5.75 Å². The van der Waals surface area contributed by atoms with Gasteiger partial charge in [0.1, 0.15) is 17.1 Å². The molecule has 0 fully saturated rings.